The molecule has 3 rings (SSSR count). The summed E-state index contributed by atoms with van der Waals surface area (Å²) in [7, 11) is 2.76. The second kappa shape index (κ2) is 5.79. The van der Waals surface area contributed by atoms with Crippen molar-refractivity contribution < 1.29 is 29.7 Å². The number of hydrogen-bond acceptors (Lipinski definition) is 6. The topological polar surface area (TPSA) is 99.5 Å². The summed E-state index contributed by atoms with van der Waals surface area (Å²) >= 11 is 0. The summed E-state index contributed by atoms with van der Waals surface area (Å²) in [6.45, 7) is 0. The molecule has 1 aliphatic rings. The molecule has 1 amide bonds. The maximum Gasteiger partial charge on any atom is 0.283 e. The van der Waals surface area contributed by atoms with Gasteiger partial charge < -0.3 is 20.1 Å². The quantitative estimate of drug-likeness (QED) is 0.773. The number of anilines is 1. The van der Waals surface area contributed by atoms with E-state index in [0.29, 0.717) is 5.75 Å². The van der Waals surface area contributed by atoms with Crippen LogP contribution in [0, 0.1) is 0 Å². The van der Waals surface area contributed by atoms with Crippen molar-refractivity contribution in [3.63, 3.8) is 0 Å². The van der Waals surface area contributed by atoms with Crippen molar-refractivity contribution >= 4 is 11.6 Å². The highest BCUT2D eigenvalue weighted by molar-refractivity contribution is 6.00. The van der Waals surface area contributed by atoms with E-state index in [2.05, 4.69) is 0 Å². The summed E-state index contributed by atoms with van der Waals surface area (Å²) < 4.78 is 5.08. The molecule has 0 saturated heterocycles. The number of ether oxygens (including phenoxy) is 1. The third kappa shape index (κ3) is 2.14. The Bertz CT molecular complexity index is 775. The van der Waals surface area contributed by atoms with Gasteiger partial charge >= 0.3 is 0 Å². The van der Waals surface area contributed by atoms with Gasteiger partial charge in [0.05, 0.1) is 25.5 Å². The van der Waals surface area contributed by atoms with Crippen LogP contribution in [0.3, 0.4) is 0 Å². The molecule has 2 aromatic rings. The number of methoxy groups -OCH3 is 1. The first-order valence-corrected chi connectivity index (χ1v) is 7.20. The maximum absolute atomic E-state index is 12.4. The molecular weight excluding hydrogens is 314 g/mol. The zero-order valence-corrected chi connectivity index (χ0v) is 13.1. The van der Waals surface area contributed by atoms with Crippen LogP contribution >= 0.6 is 0 Å². The van der Waals surface area contributed by atoms with Crippen molar-refractivity contribution in [3.05, 3.63) is 53.6 Å². The SMILES string of the molecule is COc1ccc([C@@]2(O)c3c(O)cccc3N(OC)C(=O)[C@@H]2O)cc1. The second-order valence-electron chi connectivity index (χ2n) is 5.38. The Kier molecular flexibility index (Phi) is 3.92. The lowest BCUT2D eigenvalue weighted by Gasteiger charge is -2.41. The molecule has 126 valence electrons. The highest BCUT2D eigenvalue weighted by Gasteiger charge is 2.53. The molecule has 0 unspecified atom stereocenters. The van der Waals surface area contributed by atoms with Gasteiger partial charge in [-0.05, 0) is 29.8 Å². The summed E-state index contributed by atoms with van der Waals surface area (Å²) in [5.74, 6) is -0.552. The normalized spacial score (nSPS) is 23.1. The molecule has 7 nitrogen and oxygen atoms in total. The van der Waals surface area contributed by atoms with Crippen molar-refractivity contribution in [1.29, 1.82) is 0 Å². The van der Waals surface area contributed by atoms with Gasteiger partial charge in [0.2, 0.25) is 0 Å². The van der Waals surface area contributed by atoms with Gasteiger partial charge in [0.15, 0.2) is 11.7 Å². The van der Waals surface area contributed by atoms with Gasteiger partial charge in [0.25, 0.3) is 5.91 Å². The summed E-state index contributed by atoms with van der Waals surface area (Å²) in [6, 6.07) is 10.6. The smallest absolute Gasteiger partial charge is 0.283 e. The number of aromatic hydroxyl groups is 1. The van der Waals surface area contributed by atoms with E-state index in [0.717, 1.165) is 5.06 Å². The molecule has 2 aromatic carbocycles. The average molecular weight is 331 g/mol. The molecule has 1 aliphatic heterocycles. The number of rotatable bonds is 3. The molecule has 0 saturated carbocycles. The summed E-state index contributed by atoms with van der Waals surface area (Å²) in [4.78, 5) is 17.4. The minimum absolute atomic E-state index is 0.0101. The Balaban J connectivity index is 2.27. The van der Waals surface area contributed by atoms with Gasteiger partial charge in [-0.3, -0.25) is 9.63 Å². The third-order valence-corrected chi connectivity index (χ3v) is 4.16. The van der Waals surface area contributed by atoms with E-state index in [-0.39, 0.29) is 22.6 Å². The van der Waals surface area contributed by atoms with Crippen LogP contribution in [0.2, 0.25) is 0 Å². The highest BCUT2D eigenvalue weighted by Crippen LogP contribution is 2.47. The molecule has 0 bridgehead atoms. The fourth-order valence-electron chi connectivity index (χ4n) is 2.97. The van der Waals surface area contributed by atoms with Crippen LogP contribution in [-0.2, 0) is 15.2 Å². The van der Waals surface area contributed by atoms with Crippen LogP contribution in [0.5, 0.6) is 11.5 Å². The first-order chi connectivity index (χ1) is 11.4. The van der Waals surface area contributed by atoms with Crippen molar-refractivity contribution in [1.82, 2.24) is 0 Å². The number of aliphatic hydroxyl groups is 2. The van der Waals surface area contributed by atoms with E-state index in [9.17, 15) is 20.1 Å². The highest BCUT2D eigenvalue weighted by atomic mass is 16.7. The zero-order valence-electron chi connectivity index (χ0n) is 13.1. The van der Waals surface area contributed by atoms with E-state index in [1.54, 1.807) is 12.1 Å². The molecule has 24 heavy (non-hydrogen) atoms. The van der Waals surface area contributed by atoms with Crippen molar-refractivity contribution in [2.24, 2.45) is 0 Å². The Morgan fingerprint density at radius 2 is 1.79 bits per heavy atom. The fraction of sp³-hybridized carbons (Fsp3) is 0.235. The standard InChI is InChI=1S/C17H17NO6/c1-23-11-8-6-10(7-9-11)17(22)14-12(4-3-5-13(14)19)18(24-2)16(21)15(17)20/h3-9,15,19-20,22H,1-2H3/t15-,17+/m0/s1. The Morgan fingerprint density at radius 3 is 2.38 bits per heavy atom. The third-order valence-electron chi connectivity index (χ3n) is 4.16. The van der Waals surface area contributed by atoms with Crippen LogP contribution in [0.15, 0.2) is 42.5 Å². The van der Waals surface area contributed by atoms with E-state index in [4.69, 9.17) is 9.57 Å². The number of fused-ring (bicyclic) bond motifs is 1. The van der Waals surface area contributed by atoms with Crippen LogP contribution in [0.4, 0.5) is 5.69 Å². The number of amides is 1. The molecule has 0 spiro atoms. The monoisotopic (exact) mass is 331 g/mol. The van der Waals surface area contributed by atoms with Crippen LogP contribution < -0.4 is 9.80 Å². The molecule has 1 heterocycles. The molecule has 3 N–H and O–H groups in total. The predicted octanol–water partition coefficient (Wildman–Crippen LogP) is 0.906. The van der Waals surface area contributed by atoms with Crippen LogP contribution in [0.25, 0.3) is 0 Å². The lowest BCUT2D eigenvalue weighted by atomic mass is 9.77. The number of nitrogens with zero attached hydrogens (tertiary/aromatic N) is 1. The number of benzene rings is 2. The predicted molar refractivity (Wildman–Crippen MR) is 84.6 cm³/mol. The first kappa shape index (κ1) is 16.3. The Hall–Kier alpha value is -2.61. The van der Waals surface area contributed by atoms with Crippen molar-refractivity contribution in [2.75, 3.05) is 19.3 Å². The molecule has 7 heteroatoms. The average Bonchev–Trinajstić information content (AvgIpc) is 2.60. The number of carbonyl (C=O) groups is 1. The minimum atomic E-state index is -2.13. The lowest BCUT2D eigenvalue weighted by molar-refractivity contribution is -0.148. The van der Waals surface area contributed by atoms with Crippen molar-refractivity contribution in [2.45, 2.75) is 11.7 Å². The van der Waals surface area contributed by atoms with Gasteiger partial charge in [-0.15, -0.1) is 0 Å². The van der Waals surface area contributed by atoms with Gasteiger partial charge in [-0.25, -0.2) is 0 Å². The molecule has 0 aromatic heterocycles. The van der Waals surface area contributed by atoms with Crippen LogP contribution in [-0.4, -0.2) is 41.6 Å². The lowest BCUT2D eigenvalue weighted by Crippen LogP contribution is -2.56. The number of carbonyl (C=O) groups excluding carboxylic acids is 1. The van der Waals surface area contributed by atoms with E-state index in [1.807, 2.05) is 0 Å². The molecule has 0 fully saturated rings. The first-order valence-electron chi connectivity index (χ1n) is 7.20. The largest absolute Gasteiger partial charge is 0.507 e. The van der Waals surface area contributed by atoms with Gasteiger partial charge in [-0.1, -0.05) is 18.2 Å². The number of hydroxylamine groups is 1. The van der Waals surface area contributed by atoms with Gasteiger partial charge in [0, 0.05) is 0 Å². The maximum atomic E-state index is 12.4. The van der Waals surface area contributed by atoms with Gasteiger partial charge in [0.1, 0.15) is 11.5 Å². The number of phenolic OH excluding ortho intramolecular Hbond substituents is 1. The molecule has 0 radical (unpaired) electrons. The van der Waals surface area contributed by atoms with Crippen molar-refractivity contribution in [3.8, 4) is 11.5 Å². The molecular formula is C17H17NO6. The second-order valence-corrected chi connectivity index (χ2v) is 5.38. The summed E-state index contributed by atoms with van der Waals surface area (Å²) in [6.07, 6.45) is -1.85. The Morgan fingerprint density at radius 1 is 1.12 bits per heavy atom. The van der Waals surface area contributed by atoms with E-state index >= 15 is 0 Å². The fourth-order valence-corrected chi connectivity index (χ4v) is 2.97. The molecule has 2 atom stereocenters. The number of phenols is 1. The minimum Gasteiger partial charge on any atom is -0.507 e. The van der Waals surface area contributed by atoms with Gasteiger partial charge in [-0.2, -0.15) is 5.06 Å². The Labute approximate surface area is 138 Å². The molecule has 0 aliphatic carbocycles. The number of aliphatic hydroxyl groups excluding tert-OH is 1. The zero-order chi connectivity index (χ0) is 17.5. The van der Waals surface area contributed by atoms with E-state index < -0.39 is 17.6 Å². The summed E-state index contributed by atoms with van der Waals surface area (Å²) in [5.41, 5.74) is -1.74. The van der Waals surface area contributed by atoms with E-state index in [1.165, 1.54) is 44.6 Å². The van der Waals surface area contributed by atoms with Crippen LogP contribution in [0.1, 0.15) is 11.1 Å². The summed E-state index contributed by atoms with van der Waals surface area (Å²) in [5, 5.41) is 32.9. The number of hydrogen-bond donors (Lipinski definition) is 3.